The lowest BCUT2D eigenvalue weighted by Gasteiger charge is -2.22. The van der Waals surface area contributed by atoms with Crippen LogP contribution in [0.15, 0.2) is 42.0 Å². The number of nitrogens with one attached hydrogen (secondary N) is 1. The first-order chi connectivity index (χ1) is 10.8. The molecule has 1 unspecified atom stereocenters. The Kier molecular flexibility index (Phi) is 3.90. The quantitative estimate of drug-likeness (QED) is 0.725. The average Bonchev–Trinajstić information content (AvgIpc) is 3.13. The first-order valence-electron chi connectivity index (χ1n) is 7.74. The zero-order valence-electron chi connectivity index (χ0n) is 12.3. The van der Waals surface area contributed by atoms with Gasteiger partial charge in [-0.2, -0.15) is 0 Å². The molecular weight excluding hydrogens is 314 g/mol. The van der Waals surface area contributed by atoms with Crippen LogP contribution in [0.25, 0.3) is 11.0 Å². The Morgan fingerprint density at radius 3 is 2.91 bits per heavy atom. The Bertz CT molecular complexity index is 786. The Balaban J connectivity index is 1.76. The number of piperidine rings is 1. The highest BCUT2D eigenvalue weighted by Gasteiger charge is 2.22. The second-order valence-corrected chi connectivity index (χ2v) is 8.22. The molecule has 1 fully saturated rings. The van der Waals surface area contributed by atoms with E-state index in [1.165, 1.54) is 28.7 Å². The molecule has 114 valence electrons. The van der Waals surface area contributed by atoms with E-state index in [2.05, 4.69) is 44.6 Å². The Morgan fingerprint density at radius 1 is 1.27 bits per heavy atom. The van der Waals surface area contributed by atoms with E-state index in [0.717, 1.165) is 25.3 Å². The van der Waals surface area contributed by atoms with E-state index in [1.54, 1.807) is 0 Å². The van der Waals surface area contributed by atoms with Gasteiger partial charge in [0, 0.05) is 23.8 Å². The van der Waals surface area contributed by atoms with Gasteiger partial charge in [0.05, 0.1) is 16.2 Å². The van der Waals surface area contributed by atoms with Gasteiger partial charge in [0.1, 0.15) is 5.65 Å². The van der Waals surface area contributed by atoms with Crippen molar-refractivity contribution in [3.8, 4) is 0 Å². The molecule has 1 aliphatic rings. The molecule has 22 heavy (non-hydrogen) atoms. The van der Waals surface area contributed by atoms with Gasteiger partial charge in [-0.25, -0.2) is 4.98 Å². The largest absolute Gasteiger partial charge is 0.323 e. The summed E-state index contributed by atoms with van der Waals surface area (Å²) in [5.74, 6) is 0.638. The minimum absolute atomic E-state index is 0.255. The summed E-state index contributed by atoms with van der Waals surface area (Å²) in [7, 11) is 6.11. The zero-order valence-corrected chi connectivity index (χ0v) is 13.9. The number of pyridine rings is 1. The Morgan fingerprint density at radius 2 is 2.14 bits per heavy atom. The molecule has 0 spiro atoms. The number of hydrogen-bond donors (Lipinski definition) is 1. The molecule has 5 heteroatoms. The smallest absolute Gasteiger partial charge is 0.210 e. The van der Waals surface area contributed by atoms with Crippen molar-refractivity contribution in [2.24, 2.45) is 0 Å². The van der Waals surface area contributed by atoms with E-state index in [0.29, 0.717) is 5.92 Å². The van der Waals surface area contributed by atoms with Crippen molar-refractivity contribution < 1.29 is 0 Å². The van der Waals surface area contributed by atoms with Gasteiger partial charge < -0.3 is 9.88 Å². The van der Waals surface area contributed by atoms with Crippen molar-refractivity contribution in [1.29, 1.82) is 0 Å². The van der Waals surface area contributed by atoms with Crippen molar-refractivity contribution >= 4 is 31.4 Å². The zero-order chi connectivity index (χ0) is 14.9. The number of aromatic nitrogens is 2. The van der Waals surface area contributed by atoms with Crippen LogP contribution in [0.1, 0.15) is 29.2 Å². The molecule has 0 saturated carbocycles. The maximum absolute atomic E-state index is 6.37. The van der Waals surface area contributed by atoms with Gasteiger partial charge in [0.15, 0.2) is 10.3 Å². The van der Waals surface area contributed by atoms with Gasteiger partial charge in [-0.05, 0) is 55.6 Å². The van der Waals surface area contributed by atoms with Crippen molar-refractivity contribution in [2.45, 2.75) is 25.3 Å². The number of thiophene rings is 1. The lowest BCUT2D eigenvalue weighted by Crippen LogP contribution is -2.26. The molecule has 1 saturated heterocycles. The van der Waals surface area contributed by atoms with E-state index in [1.807, 2.05) is 12.3 Å². The standard InChI is InChI=1S/C17H19ClN3S/c18-22-10-2-3-14(22)11-21-12-16(13-5-8-19-9-6-13)15-4-1-7-20-17(15)21/h1-4,7,10,12-13,19H,5-6,8-9,11H2/q+1. The summed E-state index contributed by atoms with van der Waals surface area (Å²) in [6.45, 7) is 3.05. The van der Waals surface area contributed by atoms with Crippen LogP contribution in [0.5, 0.6) is 0 Å². The minimum Gasteiger partial charge on any atom is -0.323 e. The number of rotatable bonds is 3. The van der Waals surface area contributed by atoms with E-state index >= 15 is 0 Å². The SMILES string of the molecule is Cl[s+]1cccc1Cn1cc(C2CCNCC2)c2cccnc21. The highest BCUT2D eigenvalue weighted by atomic mass is 35.7. The summed E-state index contributed by atoms with van der Waals surface area (Å²) >= 11 is 0. The number of halogens is 1. The van der Waals surface area contributed by atoms with Crippen molar-refractivity contribution in [3.05, 3.63) is 52.5 Å². The summed E-state index contributed by atoms with van der Waals surface area (Å²) in [5.41, 5.74) is 2.53. The highest BCUT2D eigenvalue weighted by molar-refractivity contribution is 7.61. The molecule has 0 radical (unpaired) electrons. The van der Waals surface area contributed by atoms with E-state index in [9.17, 15) is 0 Å². The van der Waals surface area contributed by atoms with Crippen LogP contribution in [-0.4, -0.2) is 22.6 Å². The van der Waals surface area contributed by atoms with Crippen molar-refractivity contribution in [3.63, 3.8) is 0 Å². The summed E-state index contributed by atoms with van der Waals surface area (Å²) in [6, 6.07) is 8.44. The predicted molar refractivity (Wildman–Crippen MR) is 93.9 cm³/mol. The van der Waals surface area contributed by atoms with E-state index in [-0.39, 0.29) is 9.68 Å². The Hall–Kier alpha value is -1.36. The van der Waals surface area contributed by atoms with Gasteiger partial charge in [0.25, 0.3) is 0 Å². The summed E-state index contributed by atoms with van der Waals surface area (Å²) in [4.78, 5) is 5.89. The van der Waals surface area contributed by atoms with Crippen LogP contribution >= 0.6 is 20.4 Å². The lowest BCUT2D eigenvalue weighted by molar-refractivity contribution is 0.461. The molecule has 4 heterocycles. The summed E-state index contributed by atoms with van der Waals surface area (Å²) < 4.78 is 2.27. The van der Waals surface area contributed by atoms with Crippen LogP contribution in [0.3, 0.4) is 0 Å². The van der Waals surface area contributed by atoms with E-state index < -0.39 is 0 Å². The van der Waals surface area contributed by atoms with Gasteiger partial charge in [-0.1, -0.05) is 0 Å². The number of fused-ring (bicyclic) bond motifs is 1. The third-order valence-electron chi connectivity index (χ3n) is 4.50. The predicted octanol–water partition coefficient (Wildman–Crippen LogP) is 4.30. The van der Waals surface area contributed by atoms with Crippen molar-refractivity contribution in [2.75, 3.05) is 13.1 Å². The molecule has 1 N–H and O–H groups in total. The first kappa shape index (κ1) is 14.2. The minimum atomic E-state index is -0.255. The first-order valence-corrected chi connectivity index (χ1v) is 9.85. The van der Waals surface area contributed by atoms with Gasteiger partial charge in [-0.3, -0.25) is 0 Å². The molecule has 3 nitrogen and oxygen atoms in total. The van der Waals surface area contributed by atoms with Crippen LogP contribution < -0.4 is 5.32 Å². The van der Waals surface area contributed by atoms with Crippen molar-refractivity contribution in [1.82, 2.24) is 14.9 Å². The average molecular weight is 333 g/mol. The molecule has 0 aromatic carbocycles. The van der Waals surface area contributed by atoms with Crippen LogP contribution in [0.4, 0.5) is 0 Å². The second kappa shape index (κ2) is 6.03. The van der Waals surface area contributed by atoms with Crippen LogP contribution in [0, 0.1) is 0 Å². The van der Waals surface area contributed by atoms with Gasteiger partial charge >= 0.3 is 0 Å². The molecule has 3 aromatic rings. The summed E-state index contributed by atoms with van der Waals surface area (Å²) in [6.07, 6.45) is 6.60. The lowest BCUT2D eigenvalue weighted by atomic mass is 9.90. The van der Waals surface area contributed by atoms with Gasteiger partial charge in [-0.15, -0.1) is 0 Å². The fourth-order valence-corrected chi connectivity index (χ4v) is 4.72. The molecule has 0 bridgehead atoms. The highest BCUT2D eigenvalue weighted by Crippen LogP contribution is 2.34. The Labute approximate surface area is 137 Å². The fourth-order valence-electron chi connectivity index (χ4n) is 3.38. The summed E-state index contributed by atoms with van der Waals surface area (Å²) in [5, 5.41) is 6.81. The fraction of sp³-hybridized carbons (Fsp3) is 0.353. The molecule has 0 aliphatic carbocycles. The number of nitrogens with zero attached hydrogens (tertiary/aromatic N) is 2. The van der Waals surface area contributed by atoms with E-state index in [4.69, 9.17) is 10.7 Å². The third kappa shape index (κ3) is 2.56. The van der Waals surface area contributed by atoms with Crippen LogP contribution in [-0.2, 0) is 6.54 Å². The number of hydrogen-bond acceptors (Lipinski definition) is 2. The molecular formula is C17H19ClN3S+. The molecule has 3 aromatic heterocycles. The molecule has 0 amide bonds. The maximum Gasteiger partial charge on any atom is 0.210 e. The molecule has 1 atom stereocenters. The van der Waals surface area contributed by atoms with Gasteiger partial charge in [0.2, 0.25) is 10.7 Å². The molecule has 4 rings (SSSR count). The van der Waals surface area contributed by atoms with Crippen LogP contribution in [0.2, 0.25) is 0 Å². The normalized spacial score (nSPS) is 17.2. The third-order valence-corrected chi connectivity index (χ3v) is 6.57. The topological polar surface area (TPSA) is 29.9 Å². The maximum atomic E-state index is 6.37. The molecule has 1 aliphatic heterocycles. The second-order valence-electron chi connectivity index (χ2n) is 5.86. The monoisotopic (exact) mass is 332 g/mol.